The molecule has 210 valence electrons. The molecule has 0 aliphatic rings. The zero-order valence-electron chi connectivity index (χ0n) is 23.9. The molecule has 0 radical (unpaired) electrons. The molecular weight excluding hydrogens is 571 g/mol. The van der Waals surface area contributed by atoms with Crippen molar-refractivity contribution in [3.8, 4) is 33.8 Å². The van der Waals surface area contributed by atoms with Crippen molar-refractivity contribution >= 4 is 64.9 Å². The number of benzene rings is 5. The summed E-state index contributed by atoms with van der Waals surface area (Å²) in [5.41, 5.74) is 11.4. The van der Waals surface area contributed by atoms with Crippen LogP contribution < -0.4 is 0 Å². The van der Waals surface area contributed by atoms with Gasteiger partial charge in [-0.2, -0.15) is 0 Å². The van der Waals surface area contributed by atoms with E-state index in [-0.39, 0.29) is 0 Å². The fraction of sp³-hybridized carbons (Fsp3) is 0. The third-order valence-electron chi connectivity index (χ3n) is 8.73. The summed E-state index contributed by atoms with van der Waals surface area (Å²) in [6.07, 6.45) is 2.09. The lowest BCUT2D eigenvalue weighted by molar-refractivity contribution is 1.19. The smallest absolute Gasteiger partial charge is 0.195 e. The summed E-state index contributed by atoms with van der Waals surface area (Å²) in [6.45, 7) is 0. The van der Waals surface area contributed by atoms with Crippen LogP contribution in [0.15, 0.2) is 140 Å². The van der Waals surface area contributed by atoms with Crippen LogP contribution in [0.2, 0.25) is 0 Å². The molecule has 0 fully saturated rings. The maximum atomic E-state index is 5.26. The Kier molecular flexibility index (Phi) is 5.09. The van der Waals surface area contributed by atoms with E-state index in [4.69, 9.17) is 15.0 Å². The lowest BCUT2D eigenvalue weighted by atomic mass is 9.98. The van der Waals surface area contributed by atoms with Gasteiger partial charge in [-0.15, -0.1) is 0 Å². The minimum atomic E-state index is 0.932. The predicted molar refractivity (Wildman–Crippen MR) is 186 cm³/mol. The minimum Gasteiger partial charge on any atom is -0.299 e. The highest BCUT2D eigenvalue weighted by Gasteiger charge is 2.20. The van der Waals surface area contributed by atoms with Crippen LogP contribution >= 0.6 is 11.3 Å². The Labute approximate surface area is 261 Å². The number of aromatic nitrogens is 5. The highest BCUT2D eigenvalue weighted by molar-refractivity contribution is 7.23. The van der Waals surface area contributed by atoms with Gasteiger partial charge in [-0.3, -0.25) is 8.80 Å². The maximum absolute atomic E-state index is 5.26. The van der Waals surface area contributed by atoms with Crippen molar-refractivity contribution in [2.75, 3.05) is 0 Å². The topological polar surface area (TPSA) is 47.5 Å². The summed E-state index contributed by atoms with van der Waals surface area (Å²) in [5, 5.41) is 3.40. The zero-order chi connectivity index (χ0) is 29.5. The molecule has 10 aromatic rings. The van der Waals surface area contributed by atoms with Crippen molar-refractivity contribution in [1.29, 1.82) is 0 Å². The molecular formula is C39H23N5S. The number of para-hydroxylation sites is 2. The molecule has 0 atom stereocenters. The largest absolute Gasteiger partial charge is 0.299 e. The van der Waals surface area contributed by atoms with E-state index in [1.165, 1.54) is 4.70 Å². The standard InChI is InChI=1S/C39H23N5S/c1-2-10-24(11-3-1)34-37(43-21-9-8-16-33(43)41-34)28-20-18-25-22-27(19-17-26(25)23-28)35-38-36(29-12-4-5-13-30(29)40-35)42-39-44(38)31-14-6-7-15-32(31)45-39/h1-23H. The molecule has 0 unspecified atom stereocenters. The summed E-state index contributed by atoms with van der Waals surface area (Å²) >= 11 is 1.72. The van der Waals surface area contributed by atoms with Gasteiger partial charge in [-0.05, 0) is 53.2 Å². The van der Waals surface area contributed by atoms with Crippen LogP contribution in [0, 0.1) is 0 Å². The minimum absolute atomic E-state index is 0.932. The van der Waals surface area contributed by atoms with Crippen molar-refractivity contribution < 1.29 is 0 Å². The maximum Gasteiger partial charge on any atom is 0.195 e. The van der Waals surface area contributed by atoms with Gasteiger partial charge in [-0.25, -0.2) is 15.0 Å². The van der Waals surface area contributed by atoms with Crippen molar-refractivity contribution in [2.45, 2.75) is 0 Å². The van der Waals surface area contributed by atoms with E-state index in [9.17, 15) is 0 Å². The van der Waals surface area contributed by atoms with Gasteiger partial charge in [0.15, 0.2) is 4.96 Å². The Morgan fingerprint density at radius 1 is 0.556 bits per heavy atom. The van der Waals surface area contributed by atoms with E-state index in [2.05, 4.69) is 130 Å². The quantitative estimate of drug-likeness (QED) is 0.205. The first kappa shape index (κ1) is 24.6. The lowest BCUT2D eigenvalue weighted by Gasteiger charge is -2.10. The highest BCUT2D eigenvalue weighted by atomic mass is 32.1. The van der Waals surface area contributed by atoms with Gasteiger partial charge >= 0.3 is 0 Å². The SMILES string of the molecule is c1ccc(-c2nc3ccccn3c2-c2ccc3cc(-c4nc5ccccc5c5nc6sc7ccccc7n6c45)ccc3c2)cc1. The third-order valence-corrected chi connectivity index (χ3v) is 9.76. The van der Waals surface area contributed by atoms with Gasteiger partial charge in [0.05, 0.1) is 32.8 Å². The van der Waals surface area contributed by atoms with Gasteiger partial charge in [0, 0.05) is 28.3 Å². The molecule has 0 aliphatic carbocycles. The third kappa shape index (κ3) is 3.63. The number of nitrogens with zero attached hydrogens (tertiary/aromatic N) is 5. The van der Waals surface area contributed by atoms with E-state index in [0.29, 0.717) is 0 Å². The number of hydrogen-bond donors (Lipinski definition) is 0. The molecule has 0 spiro atoms. The lowest BCUT2D eigenvalue weighted by Crippen LogP contribution is -1.92. The van der Waals surface area contributed by atoms with Crippen molar-refractivity contribution in [3.63, 3.8) is 0 Å². The summed E-state index contributed by atoms with van der Waals surface area (Å²) in [4.78, 5) is 16.4. The van der Waals surface area contributed by atoms with Crippen LogP contribution in [0.1, 0.15) is 0 Å². The molecule has 5 aromatic heterocycles. The average molecular weight is 594 g/mol. The Morgan fingerprint density at radius 2 is 1.31 bits per heavy atom. The van der Waals surface area contributed by atoms with Gasteiger partial charge < -0.3 is 0 Å². The van der Waals surface area contributed by atoms with Gasteiger partial charge in [-0.1, -0.05) is 102 Å². The molecule has 5 aromatic carbocycles. The molecule has 6 heteroatoms. The molecule has 5 nitrogen and oxygen atoms in total. The van der Waals surface area contributed by atoms with Crippen LogP contribution in [-0.2, 0) is 0 Å². The van der Waals surface area contributed by atoms with Crippen molar-refractivity contribution in [2.24, 2.45) is 0 Å². The first-order chi connectivity index (χ1) is 22.3. The molecule has 0 saturated carbocycles. The number of thiazole rings is 1. The summed E-state index contributed by atoms with van der Waals surface area (Å²) in [6, 6.07) is 46.8. The second-order valence-electron chi connectivity index (χ2n) is 11.4. The van der Waals surface area contributed by atoms with Gasteiger partial charge in [0.1, 0.15) is 16.7 Å². The Balaban J connectivity index is 1.19. The second kappa shape index (κ2) is 9.32. The van der Waals surface area contributed by atoms with Gasteiger partial charge in [0.25, 0.3) is 0 Å². The number of imidazole rings is 2. The summed E-state index contributed by atoms with van der Waals surface area (Å²) in [7, 11) is 0. The number of fused-ring (bicyclic) bond motifs is 9. The van der Waals surface area contributed by atoms with Crippen LogP contribution in [0.5, 0.6) is 0 Å². The molecule has 0 bridgehead atoms. The van der Waals surface area contributed by atoms with Crippen LogP contribution in [0.3, 0.4) is 0 Å². The average Bonchev–Trinajstić information content (AvgIpc) is 3.78. The fourth-order valence-electron chi connectivity index (χ4n) is 6.68. The van der Waals surface area contributed by atoms with Gasteiger partial charge in [0.2, 0.25) is 0 Å². The monoisotopic (exact) mass is 593 g/mol. The van der Waals surface area contributed by atoms with E-state index in [1.54, 1.807) is 11.3 Å². The fourth-order valence-corrected chi connectivity index (χ4v) is 7.70. The zero-order valence-corrected chi connectivity index (χ0v) is 24.7. The Hall–Kier alpha value is -5.85. The van der Waals surface area contributed by atoms with Crippen LogP contribution in [0.4, 0.5) is 0 Å². The normalized spacial score (nSPS) is 12.0. The van der Waals surface area contributed by atoms with E-state index >= 15 is 0 Å². The molecule has 10 rings (SSSR count). The molecule has 5 heterocycles. The van der Waals surface area contributed by atoms with Crippen molar-refractivity contribution in [3.05, 3.63) is 140 Å². The Morgan fingerprint density at radius 3 is 2.22 bits per heavy atom. The number of pyridine rings is 2. The predicted octanol–water partition coefficient (Wildman–Crippen LogP) is 10.1. The van der Waals surface area contributed by atoms with Crippen LogP contribution in [-0.4, -0.2) is 23.8 Å². The van der Waals surface area contributed by atoms with E-state index in [0.717, 1.165) is 82.6 Å². The number of rotatable bonds is 3. The van der Waals surface area contributed by atoms with E-state index < -0.39 is 0 Å². The second-order valence-corrected chi connectivity index (χ2v) is 12.4. The summed E-state index contributed by atoms with van der Waals surface area (Å²) < 4.78 is 5.69. The molecule has 45 heavy (non-hydrogen) atoms. The Bertz CT molecular complexity index is 2760. The van der Waals surface area contributed by atoms with Crippen LogP contribution in [0.25, 0.3) is 87.3 Å². The first-order valence-electron chi connectivity index (χ1n) is 15.0. The molecule has 0 N–H and O–H groups in total. The highest BCUT2D eigenvalue weighted by Crippen LogP contribution is 2.39. The molecule has 0 aliphatic heterocycles. The molecule has 0 amide bonds. The number of hydrogen-bond acceptors (Lipinski definition) is 4. The van der Waals surface area contributed by atoms with E-state index in [1.807, 2.05) is 18.2 Å². The summed E-state index contributed by atoms with van der Waals surface area (Å²) in [5.74, 6) is 0. The first-order valence-corrected chi connectivity index (χ1v) is 15.8. The molecule has 0 saturated heterocycles. The van der Waals surface area contributed by atoms with Crippen molar-refractivity contribution in [1.82, 2.24) is 23.8 Å².